The van der Waals surface area contributed by atoms with E-state index in [0.717, 1.165) is 22.8 Å². The van der Waals surface area contributed by atoms with Crippen molar-refractivity contribution >= 4 is 34.6 Å². The van der Waals surface area contributed by atoms with Crippen LogP contribution in [0, 0.1) is 6.92 Å². The third kappa shape index (κ3) is 3.71. The highest BCUT2D eigenvalue weighted by atomic mass is 35.5. The van der Waals surface area contributed by atoms with Gasteiger partial charge in [-0.2, -0.15) is 0 Å². The van der Waals surface area contributed by atoms with Crippen molar-refractivity contribution in [2.24, 2.45) is 0 Å². The van der Waals surface area contributed by atoms with Crippen LogP contribution in [0.25, 0.3) is 0 Å². The number of halogens is 1. The molecule has 1 N–H and O–H groups in total. The van der Waals surface area contributed by atoms with Gasteiger partial charge in [-0.1, -0.05) is 48.0 Å². The van der Waals surface area contributed by atoms with E-state index in [-0.39, 0.29) is 0 Å². The fraction of sp³-hybridized carbons (Fsp3) is 0.188. The van der Waals surface area contributed by atoms with E-state index in [4.69, 9.17) is 23.8 Å². The van der Waals surface area contributed by atoms with E-state index in [9.17, 15) is 0 Å². The van der Waals surface area contributed by atoms with E-state index in [2.05, 4.69) is 17.4 Å². The van der Waals surface area contributed by atoms with Crippen molar-refractivity contribution in [2.75, 3.05) is 12.4 Å². The average Bonchev–Trinajstić information content (AvgIpc) is 2.45. The number of thiocarbonyl (C=S) groups is 1. The molecule has 0 radical (unpaired) electrons. The highest BCUT2D eigenvalue weighted by Crippen LogP contribution is 2.23. The van der Waals surface area contributed by atoms with Crippen LogP contribution in [0.4, 0.5) is 5.69 Å². The summed E-state index contributed by atoms with van der Waals surface area (Å²) in [4.78, 5) is 2.00. The number of anilines is 1. The van der Waals surface area contributed by atoms with Crippen LogP contribution in [0.5, 0.6) is 0 Å². The van der Waals surface area contributed by atoms with Crippen molar-refractivity contribution in [3.63, 3.8) is 0 Å². The number of hydrogen-bond donors (Lipinski definition) is 1. The maximum Gasteiger partial charge on any atom is 0.173 e. The molecule has 0 unspecified atom stereocenters. The lowest BCUT2D eigenvalue weighted by atomic mass is 10.2. The zero-order chi connectivity index (χ0) is 14.5. The maximum absolute atomic E-state index is 6.11. The molecule has 104 valence electrons. The summed E-state index contributed by atoms with van der Waals surface area (Å²) >= 11 is 11.5. The molecule has 2 rings (SSSR count). The van der Waals surface area contributed by atoms with E-state index in [0.29, 0.717) is 5.11 Å². The molecule has 0 amide bonds. The molecule has 2 aromatic carbocycles. The highest BCUT2D eigenvalue weighted by molar-refractivity contribution is 7.80. The normalized spacial score (nSPS) is 10.2. The first-order chi connectivity index (χ1) is 9.58. The van der Waals surface area contributed by atoms with Crippen molar-refractivity contribution < 1.29 is 0 Å². The number of nitrogens with zero attached hydrogens (tertiary/aromatic N) is 1. The Morgan fingerprint density at radius 2 is 1.85 bits per heavy atom. The summed E-state index contributed by atoms with van der Waals surface area (Å²) < 4.78 is 0. The Bertz CT molecular complexity index is 599. The molecular weight excluding hydrogens is 288 g/mol. The lowest BCUT2D eigenvalue weighted by molar-refractivity contribution is 0.508. The van der Waals surface area contributed by atoms with Gasteiger partial charge in [0.25, 0.3) is 0 Å². The molecule has 0 saturated carbocycles. The van der Waals surface area contributed by atoms with Crippen molar-refractivity contribution in [2.45, 2.75) is 13.5 Å². The topological polar surface area (TPSA) is 15.3 Å². The summed E-state index contributed by atoms with van der Waals surface area (Å²) in [5.74, 6) is 0. The first kappa shape index (κ1) is 14.8. The van der Waals surface area contributed by atoms with Crippen LogP contribution in [0.2, 0.25) is 5.02 Å². The summed E-state index contributed by atoms with van der Waals surface area (Å²) in [6.45, 7) is 2.75. The first-order valence-corrected chi connectivity index (χ1v) is 7.17. The summed E-state index contributed by atoms with van der Waals surface area (Å²) in [6, 6.07) is 16.0. The van der Waals surface area contributed by atoms with Crippen LogP contribution in [-0.4, -0.2) is 17.1 Å². The minimum Gasteiger partial charge on any atom is -0.348 e. The molecule has 2 nitrogen and oxygen atoms in total. The summed E-state index contributed by atoms with van der Waals surface area (Å²) in [5.41, 5.74) is 3.18. The Hall–Kier alpha value is -1.58. The molecule has 20 heavy (non-hydrogen) atoms. The van der Waals surface area contributed by atoms with Gasteiger partial charge in [-0.25, -0.2) is 0 Å². The van der Waals surface area contributed by atoms with E-state index >= 15 is 0 Å². The van der Waals surface area contributed by atoms with Gasteiger partial charge in [0.15, 0.2) is 5.11 Å². The minimum atomic E-state index is 0.680. The van der Waals surface area contributed by atoms with Gasteiger partial charge in [0.05, 0.1) is 0 Å². The van der Waals surface area contributed by atoms with Gasteiger partial charge in [0, 0.05) is 24.3 Å². The summed E-state index contributed by atoms with van der Waals surface area (Å²) in [7, 11) is 1.97. The van der Waals surface area contributed by atoms with Crippen molar-refractivity contribution in [1.29, 1.82) is 0 Å². The molecule has 4 heteroatoms. The molecule has 0 fully saturated rings. The molecule has 0 aliphatic carbocycles. The minimum absolute atomic E-state index is 0.680. The van der Waals surface area contributed by atoms with Crippen LogP contribution < -0.4 is 5.32 Å². The number of rotatable bonds is 3. The van der Waals surface area contributed by atoms with Gasteiger partial charge < -0.3 is 10.2 Å². The number of nitrogens with one attached hydrogen (secondary N) is 1. The summed E-state index contributed by atoms with van der Waals surface area (Å²) in [6.07, 6.45) is 0. The Morgan fingerprint density at radius 1 is 1.15 bits per heavy atom. The molecule has 0 saturated heterocycles. The molecular formula is C16H17ClN2S. The van der Waals surface area contributed by atoms with Crippen LogP contribution >= 0.6 is 23.8 Å². The highest BCUT2D eigenvalue weighted by Gasteiger charge is 2.08. The molecule has 0 bridgehead atoms. The van der Waals surface area contributed by atoms with Gasteiger partial charge in [-0.3, -0.25) is 0 Å². The van der Waals surface area contributed by atoms with E-state index in [1.165, 1.54) is 5.56 Å². The molecule has 0 spiro atoms. The third-order valence-electron chi connectivity index (χ3n) is 3.12. The fourth-order valence-corrected chi connectivity index (χ4v) is 2.23. The molecule has 2 aromatic rings. The quantitative estimate of drug-likeness (QED) is 0.842. The Morgan fingerprint density at radius 3 is 2.55 bits per heavy atom. The van der Waals surface area contributed by atoms with Crippen molar-refractivity contribution in [3.8, 4) is 0 Å². The Kier molecular flexibility index (Phi) is 4.99. The van der Waals surface area contributed by atoms with Gasteiger partial charge in [0.2, 0.25) is 0 Å². The Balaban J connectivity index is 2.03. The smallest absolute Gasteiger partial charge is 0.173 e. The van der Waals surface area contributed by atoms with Crippen LogP contribution in [-0.2, 0) is 6.54 Å². The SMILES string of the molecule is Cc1c(Cl)cccc1NC(=S)N(C)Cc1ccccc1. The van der Waals surface area contributed by atoms with Gasteiger partial charge in [-0.05, 0) is 42.4 Å². The second-order valence-electron chi connectivity index (χ2n) is 4.68. The number of hydrogen-bond acceptors (Lipinski definition) is 1. The second kappa shape index (κ2) is 6.73. The molecule has 0 atom stereocenters. The summed E-state index contributed by atoms with van der Waals surface area (Å²) in [5, 5.41) is 4.66. The van der Waals surface area contributed by atoms with Crippen molar-refractivity contribution in [3.05, 3.63) is 64.7 Å². The predicted octanol–water partition coefficient (Wildman–Crippen LogP) is 4.48. The van der Waals surface area contributed by atoms with Crippen LogP contribution in [0.1, 0.15) is 11.1 Å². The predicted molar refractivity (Wildman–Crippen MR) is 90.3 cm³/mol. The standard InChI is InChI=1S/C16H17ClN2S/c1-12-14(17)9-6-10-15(12)18-16(20)19(2)11-13-7-4-3-5-8-13/h3-10H,11H2,1-2H3,(H,18,20). The molecule has 0 aliphatic rings. The van der Waals surface area contributed by atoms with E-state index < -0.39 is 0 Å². The van der Waals surface area contributed by atoms with E-state index in [1.54, 1.807) is 0 Å². The van der Waals surface area contributed by atoms with Gasteiger partial charge in [-0.15, -0.1) is 0 Å². The first-order valence-electron chi connectivity index (χ1n) is 6.39. The lowest BCUT2D eigenvalue weighted by Crippen LogP contribution is -2.30. The van der Waals surface area contributed by atoms with Crippen LogP contribution in [0.15, 0.2) is 48.5 Å². The number of benzene rings is 2. The molecule has 0 aromatic heterocycles. The zero-order valence-corrected chi connectivity index (χ0v) is 13.1. The zero-order valence-electron chi connectivity index (χ0n) is 11.6. The van der Waals surface area contributed by atoms with E-state index in [1.807, 2.05) is 55.3 Å². The largest absolute Gasteiger partial charge is 0.348 e. The third-order valence-corrected chi connectivity index (χ3v) is 3.94. The fourth-order valence-electron chi connectivity index (χ4n) is 1.88. The second-order valence-corrected chi connectivity index (χ2v) is 5.48. The monoisotopic (exact) mass is 304 g/mol. The van der Waals surface area contributed by atoms with Crippen molar-refractivity contribution in [1.82, 2.24) is 4.90 Å². The van der Waals surface area contributed by atoms with Crippen LogP contribution in [0.3, 0.4) is 0 Å². The average molecular weight is 305 g/mol. The Labute approximate surface area is 130 Å². The lowest BCUT2D eigenvalue weighted by Gasteiger charge is -2.22. The van der Waals surface area contributed by atoms with Gasteiger partial charge >= 0.3 is 0 Å². The molecule has 0 heterocycles. The maximum atomic E-state index is 6.11. The molecule has 0 aliphatic heterocycles. The van der Waals surface area contributed by atoms with Gasteiger partial charge in [0.1, 0.15) is 0 Å².